The molecule has 11 heteroatoms. The molecule has 8 nitrogen and oxygen atoms in total. The fraction of sp³-hybridized carbons (Fsp3) is 0.417. The van der Waals surface area contributed by atoms with Crippen molar-refractivity contribution in [2.45, 2.75) is 19.0 Å². The quantitative estimate of drug-likeness (QED) is 0.615. The number of piperidine rings is 1. The van der Waals surface area contributed by atoms with Crippen LogP contribution in [0, 0.1) is 5.92 Å². The number of H-pyrrole nitrogens is 1. The Bertz CT molecular complexity index is 1210. The number of imidazole rings is 1. The van der Waals surface area contributed by atoms with Crippen molar-refractivity contribution in [3.8, 4) is 0 Å². The predicted molar refractivity (Wildman–Crippen MR) is 123 cm³/mol. The van der Waals surface area contributed by atoms with Crippen LogP contribution in [0.25, 0.3) is 11.0 Å². The van der Waals surface area contributed by atoms with Gasteiger partial charge in [0.2, 0.25) is 5.91 Å². The molecule has 0 unspecified atom stereocenters. The molecule has 35 heavy (non-hydrogen) atoms. The minimum Gasteiger partial charge on any atom is -0.357 e. The Kier molecular flexibility index (Phi) is 6.08. The highest BCUT2D eigenvalue weighted by Crippen LogP contribution is 2.30. The fourth-order valence-corrected chi connectivity index (χ4v) is 4.74. The van der Waals surface area contributed by atoms with Crippen molar-refractivity contribution >= 4 is 28.7 Å². The standard InChI is InChI=1S/C24H25F3N6O2/c25-24(26,27)18-2-4-21(28-14-18)31-7-5-16(6-8-31)22(34)32-9-11-33(12-10-32)23(35)17-1-3-19-20(13-17)30-15-29-19/h1-4,13-16H,5-12H2,(H,29,30). The average Bonchev–Trinajstić information content (AvgIpc) is 3.36. The van der Waals surface area contributed by atoms with Gasteiger partial charge in [0.1, 0.15) is 5.82 Å². The molecule has 0 bridgehead atoms. The summed E-state index contributed by atoms with van der Waals surface area (Å²) in [4.78, 5) is 42.6. The highest BCUT2D eigenvalue weighted by molar-refractivity contribution is 5.97. The summed E-state index contributed by atoms with van der Waals surface area (Å²) in [7, 11) is 0. The zero-order valence-corrected chi connectivity index (χ0v) is 19.0. The number of amides is 2. The largest absolute Gasteiger partial charge is 0.417 e. The first kappa shape index (κ1) is 23.1. The molecule has 0 atom stereocenters. The van der Waals surface area contributed by atoms with Gasteiger partial charge in [-0.25, -0.2) is 9.97 Å². The Morgan fingerprint density at radius 2 is 1.63 bits per heavy atom. The molecule has 2 amide bonds. The van der Waals surface area contributed by atoms with E-state index in [0.717, 1.165) is 23.3 Å². The number of hydrogen-bond acceptors (Lipinski definition) is 5. The van der Waals surface area contributed by atoms with Crippen molar-refractivity contribution in [2.75, 3.05) is 44.2 Å². The Hall–Kier alpha value is -3.63. The summed E-state index contributed by atoms with van der Waals surface area (Å²) >= 11 is 0. The maximum atomic E-state index is 13.1. The monoisotopic (exact) mass is 486 g/mol. The van der Waals surface area contributed by atoms with Crippen LogP contribution in [0.5, 0.6) is 0 Å². The first-order chi connectivity index (χ1) is 16.8. The van der Waals surface area contributed by atoms with E-state index in [2.05, 4.69) is 15.0 Å². The number of nitrogens with zero attached hydrogens (tertiary/aromatic N) is 5. The van der Waals surface area contributed by atoms with Gasteiger partial charge in [0.05, 0.1) is 22.9 Å². The van der Waals surface area contributed by atoms with Crippen molar-refractivity contribution in [1.82, 2.24) is 24.8 Å². The summed E-state index contributed by atoms with van der Waals surface area (Å²) in [6.07, 6.45) is -0.739. The predicted octanol–water partition coefficient (Wildman–Crippen LogP) is 3.18. The number of aromatic nitrogens is 3. The lowest BCUT2D eigenvalue weighted by atomic mass is 9.95. The third-order valence-corrected chi connectivity index (χ3v) is 6.79. The lowest BCUT2D eigenvalue weighted by Gasteiger charge is -2.38. The molecule has 184 valence electrons. The molecule has 2 fully saturated rings. The van der Waals surface area contributed by atoms with E-state index in [9.17, 15) is 22.8 Å². The topological polar surface area (TPSA) is 85.4 Å². The molecule has 0 radical (unpaired) electrons. The van der Waals surface area contributed by atoms with E-state index in [1.807, 2.05) is 15.9 Å². The van der Waals surface area contributed by atoms with E-state index in [1.165, 1.54) is 6.07 Å². The van der Waals surface area contributed by atoms with Crippen LogP contribution in [0.2, 0.25) is 0 Å². The van der Waals surface area contributed by atoms with Crippen LogP contribution in [-0.2, 0) is 11.0 Å². The molecule has 1 aromatic carbocycles. The minimum atomic E-state index is -4.41. The summed E-state index contributed by atoms with van der Waals surface area (Å²) in [5.74, 6) is 0.372. The highest BCUT2D eigenvalue weighted by atomic mass is 19.4. The number of fused-ring (bicyclic) bond motifs is 1. The number of carbonyl (C=O) groups excluding carboxylic acids is 2. The second kappa shape index (κ2) is 9.20. The average molecular weight is 486 g/mol. The normalized spacial score (nSPS) is 17.7. The molecular formula is C24H25F3N6O2. The van der Waals surface area contributed by atoms with Crippen LogP contribution in [0.1, 0.15) is 28.8 Å². The molecule has 3 aromatic rings. The number of carbonyl (C=O) groups is 2. The smallest absolute Gasteiger partial charge is 0.357 e. The number of nitrogens with one attached hydrogen (secondary N) is 1. The van der Waals surface area contributed by atoms with Crippen molar-refractivity contribution in [3.63, 3.8) is 0 Å². The van der Waals surface area contributed by atoms with Gasteiger partial charge in [-0.3, -0.25) is 9.59 Å². The first-order valence-corrected chi connectivity index (χ1v) is 11.6. The van der Waals surface area contributed by atoms with E-state index in [0.29, 0.717) is 63.5 Å². The van der Waals surface area contributed by atoms with Crippen LogP contribution in [0.15, 0.2) is 42.9 Å². The van der Waals surface area contributed by atoms with Crippen molar-refractivity contribution in [2.24, 2.45) is 5.92 Å². The molecule has 1 N–H and O–H groups in total. The van der Waals surface area contributed by atoms with E-state index in [4.69, 9.17) is 0 Å². The Labute approximate surface area is 199 Å². The number of hydrogen-bond donors (Lipinski definition) is 1. The minimum absolute atomic E-state index is 0.0639. The summed E-state index contributed by atoms with van der Waals surface area (Å²) in [6.45, 7) is 3.03. The number of anilines is 1. The van der Waals surface area contributed by atoms with E-state index >= 15 is 0 Å². The molecule has 0 spiro atoms. The summed E-state index contributed by atoms with van der Waals surface area (Å²) in [5.41, 5.74) is 1.43. The maximum Gasteiger partial charge on any atom is 0.417 e. The third kappa shape index (κ3) is 4.80. The Balaban J connectivity index is 1.12. The lowest BCUT2D eigenvalue weighted by Crippen LogP contribution is -2.53. The second-order valence-electron chi connectivity index (χ2n) is 8.92. The number of alkyl halides is 3. The number of halogens is 3. The number of aromatic amines is 1. The second-order valence-corrected chi connectivity index (χ2v) is 8.92. The fourth-order valence-electron chi connectivity index (χ4n) is 4.74. The van der Waals surface area contributed by atoms with Gasteiger partial charge in [-0.15, -0.1) is 0 Å². The third-order valence-electron chi connectivity index (χ3n) is 6.79. The molecule has 4 heterocycles. The Morgan fingerprint density at radius 3 is 2.29 bits per heavy atom. The van der Waals surface area contributed by atoms with Crippen LogP contribution in [-0.4, -0.2) is 75.8 Å². The Morgan fingerprint density at radius 1 is 0.914 bits per heavy atom. The van der Waals surface area contributed by atoms with Crippen molar-refractivity contribution < 1.29 is 22.8 Å². The van der Waals surface area contributed by atoms with Gasteiger partial charge in [-0.1, -0.05) is 0 Å². The van der Waals surface area contributed by atoms with Crippen LogP contribution in [0.4, 0.5) is 19.0 Å². The van der Waals surface area contributed by atoms with E-state index in [1.54, 1.807) is 23.4 Å². The van der Waals surface area contributed by atoms with Gasteiger partial charge in [-0.05, 0) is 43.2 Å². The lowest BCUT2D eigenvalue weighted by molar-refractivity contribution is -0.138. The number of benzene rings is 1. The number of rotatable bonds is 3. The van der Waals surface area contributed by atoms with Gasteiger partial charge in [0, 0.05) is 56.9 Å². The summed E-state index contributed by atoms with van der Waals surface area (Å²) < 4.78 is 38.3. The van der Waals surface area contributed by atoms with Gasteiger partial charge in [0.25, 0.3) is 5.91 Å². The van der Waals surface area contributed by atoms with E-state index in [-0.39, 0.29) is 17.7 Å². The maximum absolute atomic E-state index is 13.1. The molecule has 2 aromatic heterocycles. The van der Waals surface area contributed by atoms with Crippen molar-refractivity contribution in [1.29, 1.82) is 0 Å². The molecule has 5 rings (SSSR count). The number of pyridine rings is 1. The SMILES string of the molecule is O=C(c1ccc2nc[nH]c2c1)N1CCN(C(=O)C2CCN(c3ccc(C(F)(F)F)cn3)CC2)CC1. The van der Waals surface area contributed by atoms with Crippen LogP contribution >= 0.6 is 0 Å². The molecule has 0 aliphatic carbocycles. The molecule has 2 aliphatic heterocycles. The van der Waals surface area contributed by atoms with Crippen LogP contribution in [0.3, 0.4) is 0 Å². The summed E-state index contributed by atoms with van der Waals surface area (Å²) in [6, 6.07) is 7.79. The molecule has 0 saturated carbocycles. The van der Waals surface area contributed by atoms with Crippen LogP contribution < -0.4 is 4.90 Å². The molecular weight excluding hydrogens is 461 g/mol. The van der Waals surface area contributed by atoms with Crippen molar-refractivity contribution in [3.05, 3.63) is 54.0 Å². The van der Waals surface area contributed by atoms with Gasteiger partial charge < -0.3 is 19.7 Å². The number of piperazine rings is 1. The van der Waals surface area contributed by atoms with E-state index < -0.39 is 11.7 Å². The zero-order valence-electron chi connectivity index (χ0n) is 19.0. The molecule has 2 aliphatic rings. The van der Waals surface area contributed by atoms with Gasteiger partial charge in [-0.2, -0.15) is 13.2 Å². The first-order valence-electron chi connectivity index (χ1n) is 11.6. The van der Waals surface area contributed by atoms with Gasteiger partial charge >= 0.3 is 6.18 Å². The van der Waals surface area contributed by atoms with Gasteiger partial charge in [0.15, 0.2) is 0 Å². The highest BCUT2D eigenvalue weighted by Gasteiger charge is 2.33. The zero-order chi connectivity index (χ0) is 24.6. The summed E-state index contributed by atoms with van der Waals surface area (Å²) in [5, 5.41) is 0. The molecule has 2 saturated heterocycles.